The molecule has 0 amide bonds. The predicted octanol–water partition coefficient (Wildman–Crippen LogP) is 2.58. The number of pyridine rings is 1. The summed E-state index contributed by atoms with van der Waals surface area (Å²) >= 11 is 5.61. The van der Waals surface area contributed by atoms with Gasteiger partial charge in [0.25, 0.3) is 0 Å². The number of H-pyrrole nitrogens is 1. The number of hydrogen-bond acceptors (Lipinski definition) is 2. The van der Waals surface area contributed by atoms with E-state index in [2.05, 4.69) is 53.8 Å². The number of fused-ring (bicyclic) bond motifs is 3. The van der Waals surface area contributed by atoms with E-state index in [4.69, 9.17) is 0 Å². The van der Waals surface area contributed by atoms with Crippen molar-refractivity contribution < 1.29 is 0 Å². The summed E-state index contributed by atoms with van der Waals surface area (Å²) in [5.41, 5.74) is 1.90. The van der Waals surface area contributed by atoms with Gasteiger partial charge < -0.3 is 0 Å². The first-order valence-corrected chi connectivity index (χ1v) is 5.80. The maximum Gasteiger partial charge on any atom is 0.179 e. The van der Waals surface area contributed by atoms with E-state index in [0.29, 0.717) is 0 Å². The van der Waals surface area contributed by atoms with E-state index < -0.39 is 0 Å². The van der Waals surface area contributed by atoms with E-state index in [0.717, 1.165) is 24.7 Å². The fraction of sp³-hybridized carbons (Fsp3) is 0. The molecule has 14 heavy (non-hydrogen) atoms. The molecule has 0 bridgehead atoms. The van der Waals surface area contributed by atoms with Crippen LogP contribution in [-0.2, 0) is 0 Å². The third-order valence-electron chi connectivity index (χ3n) is 2.06. The number of aromatic amines is 1. The Hall–Kier alpha value is -0.630. The molecular weight excluding hydrogens is 359 g/mol. The first-order chi connectivity index (χ1) is 6.75. The molecule has 0 atom stereocenters. The van der Waals surface area contributed by atoms with Gasteiger partial charge in [0, 0.05) is 10.7 Å². The van der Waals surface area contributed by atoms with Crippen molar-refractivity contribution in [3.8, 4) is 0 Å². The van der Waals surface area contributed by atoms with Crippen LogP contribution >= 0.6 is 38.5 Å². The van der Waals surface area contributed by atoms with Crippen molar-refractivity contribution in [3.05, 3.63) is 26.5 Å². The van der Waals surface area contributed by atoms with Crippen molar-refractivity contribution in [1.82, 2.24) is 19.8 Å². The zero-order valence-corrected chi connectivity index (χ0v) is 10.6. The van der Waals surface area contributed by atoms with E-state index in [-0.39, 0.29) is 0 Å². The van der Waals surface area contributed by atoms with Gasteiger partial charge in [-0.2, -0.15) is 5.10 Å². The third-order valence-corrected chi connectivity index (χ3v) is 3.31. The van der Waals surface area contributed by atoms with Gasteiger partial charge in [0.1, 0.15) is 3.70 Å². The summed E-state index contributed by atoms with van der Waals surface area (Å²) in [4.78, 5) is 0. The standard InChI is InChI=1S/C8H4BrIN4/c9-4-1-2-5-6-7(10)11-12-8(6)13-14(5)3-4/h1-3H,(H,12,13). The average Bonchev–Trinajstić information content (AvgIpc) is 2.66. The zero-order valence-electron chi connectivity index (χ0n) is 6.83. The van der Waals surface area contributed by atoms with Crippen LogP contribution in [0.4, 0.5) is 0 Å². The number of halogens is 2. The van der Waals surface area contributed by atoms with Crippen LogP contribution in [0.2, 0.25) is 0 Å². The highest BCUT2D eigenvalue weighted by molar-refractivity contribution is 14.1. The Morgan fingerprint density at radius 3 is 3.14 bits per heavy atom. The molecule has 0 radical (unpaired) electrons. The Balaban J connectivity index is 2.58. The zero-order chi connectivity index (χ0) is 9.71. The summed E-state index contributed by atoms with van der Waals surface area (Å²) in [5, 5.41) is 12.4. The van der Waals surface area contributed by atoms with Crippen molar-refractivity contribution in [2.45, 2.75) is 0 Å². The van der Waals surface area contributed by atoms with Gasteiger partial charge in [0.05, 0.1) is 10.9 Å². The van der Waals surface area contributed by atoms with E-state index in [1.165, 1.54) is 0 Å². The van der Waals surface area contributed by atoms with Crippen molar-refractivity contribution >= 4 is 55.1 Å². The molecule has 3 heterocycles. The van der Waals surface area contributed by atoms with Crippen LogP contribution in [0, 0.1) is 3.70 Å². The molecule has 0 spiro atoms. The minimum Gasteiger partial charge on any atom is -0.258 e. The van der Waals surface area contributed by atoms with Crippen molar-refractivity contribution in [2.24, 2.45) is 0 Å². The van der Waals surface area contributed by atoms with Crippen LogP contribution < -0.4 is 0 Å². The molecule has 0 aromatic carbocycles. The molecule has 0 aliphatic heterocycles. The Morgan fingerprint density at radius 2 is 2.29 bits per heavy atom. The summed E-state index contributed by atoms with van der Waals surface area (Å²) in [5.74, 6) is 0. The summed E-state index contributed by atoms with van der Waals surface area (Å²) in [7, 11) is 0. The maximum absolute atomic E-state index is 4.36. The summed E-state index contributed by atoms with van der Waals surface area (Å²) in [6.07, 6.45) is 1.93. The van der Waals surface area contributed by atoms with Gasteiger partial charge in [0.15, 0.2) is 5.65 Å². The number of hydrogen-bond donors (Lipinski definition) is 1. The van der Waals surface area contributed by atoms with Crippen molar-refractivity contribution in [1.29, 1.82) is 0 Å². The summed E-state index contributed by atoms with van der Waals surface area (Å²) in [6.45, 7) is 0. The molecule has 0 saturated heterocycles. The van der Waals surface area contributed by atoms with E-state index in [9.17, 15) is 0 Å². The average molecular weight is 363 g/mol. The first kappa shape index (κ1) is 8.66. The molecule has 0 unspecified atom stereocenters. The molecule has 3 aromatic heterocycles. The minimum atomic E-state index is 0.826. The Bertz CT molecular complexity index is 627. The lowest BCUT2D eigenvalue weighted by Gasteiger charge is -1.93. The fourth-order valence-electron chi connectivity index (χ4n) is 1.46. The van der Waals surface area contributed by atoms with Gasteiger partial charge in [-0.3, -0.25) is 5.10 Å². The molecular formula is C8H4BrIN4. The summed E-state index contributed by atoms with van der Waals surface area (Å²) < 4.78 is 3.81. The second kappa shape index (κ2) is 2.93. The highest BCUT2D eigenvalue weighted by Crippen LogP contribution is 2.23. The minimum absolute atomic E-state index is 0.826. The van der Waals surface area contributed by atoms with Crippen molar-refractivity contribution in [3.63, 3.8) is 0 Å². The molecule has 0 aliphatic carbocycles. The van der Waals surface area contributed by atoms with Crippen LogP contribution in [-0.4, -0.2) is 19.8 Å². The lowest BCUT2D eigenvalue weighted by atomic mass is 10.3. The highest BCUT2D eigenvalue weighted by Gasteiger charge is 2.10. The highest BCUT2D eigenvalue weighted by atomic mass is 127. The van der Waals surface area contributed by atoms with Crippen LogP contribution in [0.3, 0.4) is 0 Å². The lowest BCUT2D eigenvalue weighted by molar-refractivity contribution is 0.945. The second-order valence-corrected chi connectivity index (χ2v) is 4.85. The molecule has 6 heteroatoms. The van der Waals surface area contributed by atoms with Crippen molar-refractivity contribution in [2.75, 3.05) is 0 Å². The molecule has 0 fully saturated rings. The predicted molar refractivity (Wildman–Crippen MR) is 65.3 cm³/mol. The largest absolute Gasteiger partial charge is 0.258 e. The van der Waals surface area contributed by atoms with Gasteiger partial charge in [-0.15, -0.1) is 5.10 Å². The van der Waals surface area contributed by atoms with Crippen LogP contribution in [0.15, 0.2) is 22.8 Å². The Labute approximate surface area is 101 Å². The van der Waals surface area contributed by atoms with Gasteiger partial charge in [0.2, 0.25) is 0 Å². The quantitative estimate of drug-likeness (QED) is 0.625. The topological polar surface area (TPSA) is 46.0 Å². The number of rotatable bonds is 0. The molecule has 1 N–H and O–H groups in total. The normalized spacial score (nSPS) is 11.6. The first-order valence-electron chi connectivity index (χ1n) is 3.93. The fourth-order valence-corrected chi connectivity index (χ4v) is 2.44. The maximum atomic E-state index is 4.36. The number of aromatic nitrogens is 4. The lowest BCUT2D eigenvalue weighted by Crippen LogP contribution is -1.86. The monoisotopic (exact) mass is 362 g/mol. The molecule has 3 aromatic rings. The SMILES string of the molecule is Brc1ccc2c3c(I)n[nH]c3nn2c1. The van der Waals surface area contributed by atoms with E-state index in [1.54, 1.807) is 0 Å². The van der Waals surface area contributed by atoms with Gasteiger partial charge >= 0.3 is 0 Å². The smallest absolute Gasteiger partial charge is 0.179 e. The van der Waals surface area contributed by atoms with Gasteiger partial charge in [-0.25, -0.2) is 4.52 Å². The van der Waals surface area contributed by atoms with Gasteiger partial charge in [-0.1, -0.05) is 0 Å². The number of nitrogens with zero attached hydrogens (tertiary/aromatic N) is 3. The van der Waals surface area contributed by atoms with Gasteiger partial charge in [-0.05, 0) is 50.7 Å². The molecule has 3 rings (SSSR count). The molecule has 0 aliphatic rings. The van der Waals surface area contributed by atoms with E-state index >= 15 is 0 Å². The summed E-state index contributed by atoms with van der Waals surface area (Å²) in [6, 6.07) is 4.02. The third kappa shape index (κ3) is 1.10. The number of nitrogens with one attached hydrogen (secondary N) is 1. The van der Waals surface area contributed by atoms with Crippen LogP contribution in [0.5, 0.6) is 0 Å². The second-order valence-electron chi connectivity index (χ2n) is 2.92. The molecule has 70 valence electrons. The van der Waals surface area contributed by atoms with E-state index in [1.807, 2.05) is 22.8 Å². The Kier molecular flexibility index (Phi) is 1.81. The molecule has 4 nitrogen and oxygen atoms in total. The molecule has 0 saturated carbocycles. The van der Waals surface area contributed by atoms with Crippen LogP contribution in [0.1, 0.15) is 0 Å². The van der Waals surface area contributed by atoms with Crippen LogP contribution in [0.25, 0.3) is 16.6 Å². The Morgan fingerprint density at radius 1 is 1.43 bits per heavy atom.